The van der Waals surface area contributed by atoms with Crippen LogP contribution in [0.5, 0.6) is 0 Å². The van der Waals surface area contributed by atoms with E-state index < -0.39 is 23.8 Å². The fourth-order valence-corrected chi connectivity index (χ4v) is 4.06. The Kier molecular flexibility index (Phi) is 6.59. The molecule has 0 aromatic heterocycles. The number of esters is 1. The van der Waals surface area contributed by atoms with Crippen molar-refractivity contribution in [2.75, 3.05) is 12.0 Å². The third-order valence-electron chi connectivity index (χ3n) is 5.63. The Morgan fingerprint density at radius 3 is 2.11 bits per heavy atom. The summed E-state index contributed by atoms with van der Waals surface area (Å²) in [6.45, 7) is 4.14. The van der Waals surface area contributed by atoms with Gasteiger partial charge in [-0.1, -0.05) is 53.6 Å². The first kappa shape index (κ1) is 23.6. The number of ether oxygens (including phenoxy) is 1. The molecule has 1 heterocycles. The highest BCUT2D eigenvalue weighted by atomic mass is 16.5. The molecule has 176 valence electrons. The summed E-state index contributed by atoms with van der Waals surface area (Å²) in [6, 6.07) is 18.9. The van der Waals surface area contributed by atoms with Crippen LogP contribution in [0.1, 0.15) is 38.2 Å². The van der Waals surface area contributed by atoms with Crippen molar-refractivity contribution in [3.8, 4) is 0 Å². The van der Waals surface area contributed by atoms with Crippen LogP contribution >= 0.6 is 0 Å². The summed E-state index contributed by atoms with van der Waals surface area (Å²) < 4.78 is 4.66. The van der Waals surface area contributed by atoms with E-state index in [0.717, 1.165) is 16.9 Å². The molecular weight excluding hydrogens is 444 g/mol. The molecule has 0 atom stereocenters. The number of hydrogen-bond acceptors (Lipinski definition) is 5. The molecule has 0 spiro atoms. The monoisotopic (exact) mass is 468 g/mol. The van der Waals surface area contributed by atoms with Gasteiger partial charge in [-0.05, 0) is 67.3 Å². The molecule has 1 fully saturated rings. The number of nitrogens with one attached hydrogen (secondary N) is 1. The van der Waals surface area contributed by atoms with Crippen molar-refractivity contribution in [3.05, 3.63) is 106 Å². The van der Waals surface area contributed by atoms with Crippen LogP contribution in [0.15, 0.2) is 72.3 Å². The number of barbiturate groups is 1. The van der Waals surface area contributed by atoms with E-state index in [0.29, 0.717) is 5.56 Å². The highest BCUT2D eigenvalue weighted by Gasteiger charge is 2.36. The first-order chi connectivity index (χ1) is 16.7. The Morgan fingerprint density at radius 2 is 1.51 bits per heavy atom. The molecule has 0 unspecified atom stereocenters. The lowest BCUT2D eigenvalue weighted by Crippen LogP contribution is -2.54. The van der Waals surface area contributed by atoms with Crippen LogP contribution in [0, 0.1) is 13.8 Å². The van der Waals surface area contributed by atoms with Gasteiger partial charge in [-0.3, -0.25) is 14.9 Å². The second kappa shape index (κ2) is 9.77. The predicted octanol–water partition coefficient (Wildman–Crippen LogP) is 4.35. The van der Waals surface area contributed by atoms with Crippen molar-refractivity contribution in [3.63, 3.8) is 0 Å². The van der Waals surface area contributed by atoms with E-state index >= 15 is 0 Å². The van der Waals surface area contributed by atoms with Gasteiger partial charge in [-0.25, -0.2) is 14.5 Å². The molecule has 0 aliphatic carbocycles. The summed E-state index contributed by atoms with van der Waals surface area (Å²) in [5.74, 6) is -2.05. The van der Waals surface area contributed by atoms with Gasteiger partial charge in [0, 0.05) is 0 Å². The molecule has 7 heteroatoms. The minimum atomic E-state index is -0.855. The smallest absolute Gasteiger partial charge is 0.337 e. The summed E-state index contributed by atoms with van der Waals surface area (Å²) in [5, 5.41) is 2.20. The fourth-order valence-electron chi connectivity index (χ4n) is 4.06. The lowest BCUT2D eigenvalue weighted by molar-refractivity contribution is -0.122. The van der Waals surface area contributed by atoms with Gasteiger partial charge in [-0.15, -0.1) is 0 Å². The molecular formula is C28H24N2O5. The molecule has 3 aromatic rings. The number of anilines is 1. The molecule has 4 amide bonds. The zero-order valence-electron chi connectivity index (χ0n) is 19.6. The summed E-state index contributed by atoms with van der Waals surface area (Å²) in [7, 11) is 1.26. The fraction of sp³-hybridized carbons (Fsp3) is 0.143. The highest BCUT2D eigenvalue weighted by Crippen LogP contribution is 2.23. The SMILES string of the molecule is COC(=O)c1ccc(N2C(=O)NC(=O)/C(=C\c3ccc(Cc4cc(C)cc(C)c4)cc3)C2=O)cc1. The number of hydrogen-bond donors (Lipinski definition) is 1. The Balaban J connectivity index is 1.56. The summed E-state index contributed by atoms with van der Waals surface area (Å²) in [4.78, 5) is 50.4. The lowest BCUT2D eigenvalue weighted by Gasteiger charge is -2.26. The van der Waals surface area contributed by atoms with Crippen molar-refractivity contribution < 1.29 is 23.9 Å². The molecule has 3 aromatic carbocycles. The van der Waals surface area contributed by atoms with Crippen LogP contribution in [-0.4, -0.2) is 30.9 Å². The van der Waals surface area contributed by atoms with Crippen LogP contribution < -0.4 is 10.2 Å². The highest BCUT2D eigenvalue weighted by molar-refractivity contribution is 6.39. The second-order valence-corrected chi connectivity index (χ2v) is 8.41. The Morgan fingerprint density at radius 1 is 0.886 bits per heavy atom. The van der Waals surface area contributed by atoms with Crippen LogP contribution in [0.4, 0.5) is 10.5 Å². The number of carbonyl (C=O) groups excluding carboxylic acids is 4. The van der Waals surface area contributed by atoms with Crippen molar-refractivity contribution in [2.24, 2.45) is 0 Å². The molecule has 0 radical (unpaired) electrons. The van der Waals surface area contributed by atoms with E-state index in [1.165, 1.54) is 54.1 Å². The van der Waals surface area contributed by atoms with Crippen molar-refractivity contribution in [1.29, 1.82) is 0 Å². The Hall–Kier alpha value is -4.52. The van der Waals surface area contributed by atoms with E-state index in [2.05, 4.69) is 42.1 Å². The number of rotatable bonds is 5. The van der Waals surface area contributed by atoms with Crippen molar-refractivity contribution in [1.82, 2.24) is 5.32 Å². The van der Waals surface area contributed by atoms with Gasteiger partial charge in [0.25, 0.3) is 11.8 Å². The van der Waals surface area contributed by atoms with Gasteiger partial charge in [-0.2, -0.15) is 0 Å². The number of imide groups is 2. The summed E-state index contributed by atoms with van der Waals surface area (Å²) in [5.41, 5.74) is 5.72. The number of aryl methyl sites for hydroxylation is 2. The second-order valence-electron chi connectivity index (χ2n) is 8.41. The van der Waals surface area contributed by atoms with E-state index in [4.69, 9.17) is 0 Å². The zero-order chi connectivity index (χ0) is 25.1. The molecule has 7 nitrogen and oxygen atoms in total. The van der Waals surface area contributed by atoms with Gasteiger partial charge < -0.3 is 4.74 Å². The Labute approximate surface area is 203 Å². The molecule has 4 rings (SSSR count). The standard InChI is InChI=1S/C28H24N2O5/c1-17-12-18(2)14-21(13-17)15-19-4-6-20(7-5-19)16-24-25(31)29-28(34)30(26(24)32)23-10-8-22(9-11-23)27(33)35-3/h4-14,16H,15H2,1-3H3,(H,29,31,34)/b24-16+. The van der Waals surface area contributed by atoms with Crippen LogP contribution in [0.2, 0.25) is 0 Å². The van der Waals surface area contributed by atoms with Gasteiger partial charge in [0.05, 0.1) is 18.4 Å². The van der Waals surface area contributed by atoms with E-state index in [1.807, 2.05) is 24.3 Å². The average molecular weight is 469 g/mol. The van der Waals surface area contributed by atoms with Crippen LogP contribution in [-0.2, 0) is 20.7 Å². The van der Waals surface area contributed by atoms with Gasteiger partial charge in [0.1, 0.15) is 5.57 Å². The maximum Gasteiger partial charge on any atom is 0.337 e. The van der Waals surface area contributed by atoms with E-state index in [1.54, 1.807) is 0 Å². The van der Waals surface area contributed by atoms with Crippen LogP contribution in [0.25, 0.3) is 6.08 Å². The third-order valence-corrected chi connectivity index (χ3v) is 5.63. The number of methoxy groups -OCH3 is 1. The number of carbonyl (C=O) groups is 4. The summed E-state index contributed by atoms with van der Waals surface area (Å²) in [6.07, 6.45) is 2.23. The zero-order valence-corrected chi connectivity index (χ0v) is 19.6. The molecule has 0 bridgehead atoms. The maximum atomic E-state index is 13.1. The number of amides is 4. The predicted molar refractivity (Wildman–Crippen MR) is 132 cm³/mol. The molecule has 1 aliphatic heterocycles. The first-order valence-electron chi connectivity index (χ1n) is 11.0. The van der Waals surface area contributed by atoms with E-state index in [9.17, 15) is 19.2 Å². The molecule has 0 saturated carbocycles. The maximum absolute atomic E-state index is 13.1. The van der Waals surface area contributed by atoms with Gasteiger partial charge >= 0.3 is 12.0 Å². The molecule has 35 heavy (non-hydrogen) atoms. The topological polar surface area (TPSA) is 92.8 Å². The Bertz CT molecular complexity index is 1330. The van der Waals surface area contributed by atoms with Gasteiger partial charge in [0.15, 0.2) is 0 Å². The summed E-state index contributed by atoms with van der Waals surface area (Å²) >= 11 is 0. The first-order valence-corrected chi connectivity index (χ1v) is 11.0. The minimum Gasteiger partial charge on any atom is -0.465 e. The molecule has 1 saturated heterocycles. The van der Waals surface area contributed by atoms with Gasteiger partial charge in [0.2, 0.25) is 0 Å². The van der Waals surface area contributed by atoms with Crippen LogP contribution in [0.3, 0.4) is 0 Å². The van der Waals surface area contributed by atoms with E-state index in [-0.39, 0.29) is 16.8 Å². The normalized spacial score (nSPS) is 14.8. The third kappa shape index (κ3) is 5.19. The largest absolute Gasteiger partial charge is 0.465 e. The number of nitrogens with zero attached hydrogens (tertiary/aromatic N) is 1. The minimum absolute atomic E-state index is 0.163. The number of urea groups is 1. The quantitative estimate of drug-likeness (QED) is 0.342. The van der Waals surface area contributed by atoms with Crippen molar-refractivity contribution in [2.45, 2.75) is 20.3 Å². The molecule has 1 N–H and O–H groups in total. The lowest BCUT2D eigenvalue weighted by atomic mass is 9.99. The average Bonchev–Trinajstić information content (AvgIpc) is 2.82. The number of benzene rings is 3. The molecule has 1 aliphatic rings. The van der Waals surface area contributed by atoms with Crippen molar-refractivity contribution >= 4 is 35.6 Å².